The maximum atomic E-state index is 5.91. The molecule has 0 saturated heterocycles. The number of benzene rings is 2. The summed E-state index contributed by atoms with van der Waals surface area (Å²) in [6.07, 6.45) is 1.88. The summed E-state index contributed by atoms with van der Waals surface area (Å²) in [4.78, 5) is 15.3. The minimum Gasteiger partial charge on any atom is -0.488 e. The molecule has 0 N–H and O–H groups in total. The first-order valence-corrected chi connectivity index (χ1v) is 11.0. The fourth-order valence-corrected chi connectivity index (χ4v) is 4.50. The van der Waals surface area contributed by atoms with Gasteiger partial charge in [0.1, 0.15) is 42.3 Å². The van der Waals surface area contributed by atoms with Crippen molar-refractivity contribution in [3.05, 3.63) is 76.8 Å². The maximum Gasteiger partial charge on any atom is 0.150 e. The van der Waals surface area contributed by atoms with Gasteiger partial charge in [-0.15, -0.1) is 11.3 Å². The summed E-state index contributed by atoms with van der Waals surface area (Å²) in [6, 6.07) is 18.0. The third kappa shape index (κ3) is 6.33. The molecule has 0 bridgehead atoms. The largest absolute Gasteiger partial charge is 0.488 e. The highest BCUT2D eigenvalue weighted by Gasteiger charge is 2.10. The number of oxime groups is 2. The summed E-state index contributed by atoms with van der Waals surface area (Å²) in [5.74, 6) is 1.68. The lowest BCUT2D eigenvalue weighted by molar-refractivity contribution is 0.210. The van der Waals surface area contributed by atoms with E-state index in [1.165, 1.54) is 19.8 Å². The molecule has 156 valence electrons. The molecule has 0 saturated carbocycles. The van der Waals surface area contributed by atoms with Crippen LogP contribution in [0.4, 0.5) is 0 Å². The molecule has 3 rings (SSSR count). The van der Waals surface area contributed by atoms with Gasteiger partial charge in [-0.25, -0.2) is 4.98 Å². The summed E-state index contributed by atoms with van der Waals surface area (Å²) in [5.41, 5.74) is 3.38. The molecular formula is C22H23N3O3S2. The molecule has 1 heterocycles. The minimum atomic E-state index is 0.478. The van der Waals surface area contributed by atoms with Gasteiger partial charge in [0, 0.05) is 17.5 Å². The molecule has 30 heavy (non-hydrogen) atoms. The van der Waals surface area contributed by atoms with Crippen molar-refractivity contribution in [1.82, 2.24) is 4.98 Å². The lowest BCUT2D eigenvalue weighted by Crippen LogP contribution is -2.13. The predicted octanol–water partition coefficient (Wildman–Crippen LogP) is 5.39. The minimum absolute atomic E-state index is 0.478. The van der Waals surface area contributed by atoms with Gasteiger partial charge in [0.2, 0.25) is 0 Å². The molecule has 0 amide bonds. The number of rotatable bonds is 10. The van der Waals surface area contributed by atoms with Crippen molar-refractivity contribution < 1.29 is 14.4 Å². The van der Waals surface area contributed by atoms with Crippen LogP contribution >= 0.6 is 23.1 Å². The average Bonchev–Trinajstić information content (AvgIpc) is 3.24. The summed E-state index contributed by atoms with van der Waals surface area (Å²) >= 11 is 3.39. The van der Waals surface area contributed by atoms with Gasteiger partial charge in [0.05, 0.1) is 4.88 Å². The van der Waals surface area contributed by atoms with Crippen molar-refractivity contribution in [3.8, 4) is 5.75 Å². The molecule has 0 spiro atoms. The van der Waals surface area contributed by atoms with Crippen LogP contribution in [0.1, 0.15) is 22.9 Å². The van der Waals surface area contributed by atoms with E-state index in [4.69, 9.17) is 14.4 Å². The SMILES string of the molecule is CO/N=C(C)/C(=N/OC)c1ccc(OCc2cnc(SCc3ccccc3)s2)cc1. The van der Waals surface area contributed by atoms with E-state index in [1.54, 1.807) is 23.1 Å². The van der Waals surface area contributed by atoms with Gasteiger partial charge in [0.25, 0.3) is 0 Å². The lowest BCUT2D eigenvalue weighted by atomic mass is 10.1. The molecule has 8 heteroatoms. The van der Waals surface area contributed by atoms with Crippen molar-refractivity contribution >= 4 is 34.5 Å². The fourth-order valence-electron chi connectivity index (χ4n) is 2.60. The van der Waals surface area contributed by atoms with Gasteiger partial charge in [0.15, 0.2) is 0 Å². The van der Waals surface area contributed by atoms with Crippen LogP contribution in [0.25, 0.3) is 0 Å². The Bertz CT molecular complexity index is 986. The van der Waals surface area contributed by atoms with Crippen molar-refractivity contribution in [3.63, 3.8) is 0 Å². The van der Waals surface area contributed by atoms with Crippen LogP contribution < -0.4 is 4.74 Å². The molecule has 0 atom stereocenters. The lowest BCUT2D eigenvalue weighted by Gasteiger charge is -2.08. The Morgan fingerprint density at radius 2 is 1.73 bits per heavy atom. The Labute approximate surface area is 184 Å². The molecule has 0 aliphatic heterocycles. The highest BCUT2D eigenvalue weighted by Crippen LogP contribution is 2.28. The van der Waals surface area contributed by atoms with Crippen LogP contribution in [0.15, 0.2) is 75.4 Å². The molecule has 2 aromatic carbocycles. The third-order valence-corrected chi connectivity index (χ3v) is 6.20. The Balaban J connectivity index is 1.55. The van der Waals surface area contributed by atoms with Gasteiger partial charge in [-0.3, -0.25) is 0 Å². The van der Waals surface area contributed by atoms with E-state index in [1.807, 2.05) is 43.5 Å². The van der Waals surface area contributed by atoms with Crippen molar-refractivity contribution in [2.24, 2.45) is 10.3 Å². The van der Waals surface area contributed by atoms with E-state index >= 15 is 0 Å². The fraction of sp³-hybridized carbons (Fsp3) is 0.227. The van der Waals surface area contributed by atoms with Gasteiger partial charge >= 0.3 is 0 Å². The van der Waals surface area contributed by atoms with Gasteiger partial charge < -0.3 is 14.4 Å². The van der Waals surface area contributed by atoms with Crippen molar-refractivity contribution in [1.29, 1.82) is 0 Å². The zero-order chi connectivity index (χ0) is 21.2. The molecule has 1 aromatic heterocycles. The maximum absolute atomic E-state index is 5.91. The van der Waals surface area contributed by atoms with Crippen molar-refractivity contribution in [2.45, 2.75) is 23.6 Å². The number of thioether (sulfide) groups is 1. The van der Waals surface area contributed by atoms with Crippen LogP contribution in [-0.4, -0.2) is 30.6 Å². The summed E-state index contributed by atoms with van der Waals surface area (Å²) in [5, 5.41) is 7.96. The first kappa shape index (κ1) is 21.9. The van der Waals surface area contributed by atoms with E-state index < -0.39 is 0 Å². The normalized spacial score (nSPS) is 12.0. The Morgan fingerprint density at radius 1 is 1.00 bits per heavy atom. The average molecular weight is 442 g/mol. The molecule has 6 nitrogen and oxygen atoms in total. The molecule has 0 unspecified atom stereocenters. The molecule has 0 aliphatic rings. The number of nitrogens with zero attached hydrogens (tertiary/aromatic N) is 3. The second-order valence-corrected chi connectivity index (χ2v) is 8.50. The molecule has 0 aliphatic carbocycles. The van der Waals surface area contributed by atoms with Gasteiger partial charge in [-0.05, 0) is 36.8 Å². The van der Waals surface area contributed by atoms with E-state index in [0.717, 1.165) is 26.3 Å². The van der Waals surface area contributed by atoms with Crippen LogP contribution in [-0.2, 0) is 22.0 Å². The van der Waals surface area contributed by atoms with Crippen LogP contribution in [0.2, 0.25) is 0 Å². The Kier molecular flexibility index (Phi) is 8.29. The second-order valence-electron chi connectivity index (χ2n) is 6.16. The number of hydrogen-bond acceptors (Lipinski definition) is 8. The van der Waals surface area contributed by atoms with E-state index in [2.05, 4.69) is 39.6 Å². The van der Waals surface area contributed by atoms with Crippen LogP contribution in [0.5, 0.6) is 5.75 Å². The number of ether oxygens (including phenoxy) is 1. The molecular weight excluding hydrogens is 418 g/mol. The van der Waals surface area contributed by atoms with E-state index in [0.29, 0.717) is 18.0 Å². The summed E-state index contributed by atoms with van der Waals surface area (Å²) < 4.78 is 6.95. The highest BCUT2D eigenvalue weighted by molar-refractivity contribution is 8.00. The predicted molar refractivity (Wildman–Crippen MR) is 123 cm³/mol. The number of aromatic nitrogens is 1. The van der Waals surface area contributed by atoms with Crippen LogP contribution in [0, 0.1) is 0 Å². The first-order valence-electron chi connectivity index (χ1n) is 9.23. The van der Waals surface area contributed by atoms with Gasteiger partial charge in [-0.1, -0.05) is 52.4 Å². The Hall–Kier alpha value is -2.84. The third-order valence-electron chi connectivity index (χ3n) is 4.00. The Morgan fingerprint density at radius 3 is 2.43 bits per heavy atom. The number of hydrogen-bond donors (Lipinski definition) is 0. The topological polar surface area (TPSA) is 65.3 Å². The zero-order valence-corrected chi connectivity index (χ0v) is 18.7. The summed E-state index contributed by atoms with van der Waals surface area (Å²) in [7, 11) is 2.99. The zero-order valence-electron chi connectivity index (χ0n) is 17.1. The van der Waals surface area contributed by atoms with Crippen LogP contribution in [0.3, 0.4) is 0 Å². The van der Waals surface area contributed by atoms with Gasteiger partial charge in [-0.2, -0.15) is 0 Å². The molecule has 3 aromatic rings. The molecule has 0 radical (unpaired) electrons. The van der Waals surface area contributed by atoms with E-state index in [-0.39, 0.29) is 0 Å². The van der Waals surface area contributed by atoms with E-state index in [9.17, 15) is 0 Å². The summed E-state index contributed by atoms with van der Waals surface area (Å²) in [6.45, 7) is 2.29. The smallest absolute Gasteiger partial charge is 0.150 e. The standard InChI is InChI=1S/C22H23N3O3S2/c1-16(24-26-2)21(25-27-3)18-9-11-19(12-10-18)28-14-20-13-23-22(30-20)29-15-17-7-5-4-6-8-17/h4-13H,14-15H2,1-3H3/b24-16+,25-21-. The number of thiazole rings is 1. The highest BCUT2D eigenvalue weighted by atomic mass is 32.2. The van der Waals surface area contributed by atoms with Crippen molar-refractivity contribution in [2.75, 3.05) is 14.2 Å². The first-order chi connectivity index (χ1) is 14.7. The monoisotopic (exact) mass is 441 g/mol. The molecule has 0 fully saturated rings. The second kappa shape index (κ2) is 11.4. The quantitative estimate of drug-likeness (QED) is 0.240.